The highest BCUT2D eigenvalue weighted by atomic mass is 32.2. The number of carbonyl (C=O) groups is 3. The van der Waals surface area contributed by atoms with E-state index in [1.54, 1.807) is 22.7 Å². The number of nitrogens with zero attached hydrogens (tertiary/aromatic N) is 2. The third-order valence-electron chi connectivity index (χ3n) is 5.11. The van der Waals surface area contributed by atoms with Crippen LogP contribution in [0.4, 0.5) is 10.5 Å². The topological polar surface area (TPSA) is 101 Å². The lowest BCUT2D eigenvalue weighted by Gasteiger charge is -2.23. The maximum atomic E-state index is 13.0. The molecular formula is C23H24N4O4S3. The van der Waals surface area contributed by atoms with E-state index in [1.807, 2.05) is 29.6 Å². The number of nitrogens with one attached hydrogen (secondary N) is 2. The van der Waals surface area contributed by atoms with Crippen LogP contribution in [0.25, 0.3) is 10.2 Å². The Morgan fingerprint density at radius 2 is 2.21 bits per heavy atom. The number of thiophene rings is 1. The third kappa shape index (κ3) is 5.96. The number of ether oxygens (including phenoxy) is 1. The van der Waals surface area contributed by atoms with Crippen LogP contribution in [0, 0.1) is 0 Å². The summed E-state index contributed by atoms with van der Waals surface area (Å²) in [5, 5.41) is 7.51. The second-order valence-corrected chi connectivity index (χ2v) is 10.8. The van der Waals surface area contributed by atoms with Gasteiger partial charge in [-0.3, -0.25) is 9.59 Å². The Kier molecular flexibility index (Phi) is 8.20. The maximum absolute atomic E-state index is 13.0. The molecule has 2 N–H and O–H groups in total. The van der Waals surface area contributed by atoms with Crippen molar-refractivity contribution in [2.24, 2.45) is 0 Å². The van der Waals surface area contributed by atoms with Crippen molar-refractivity contribution >= 4 is 68.2 Å². The standard InChI is InChI=1S/C23H24N4O4S3/c1-2-11-31-22(30)24-9-13-33-23-26-16-8-7-15(14-19(16)34-23)25-20(28)17-5-3-10-27(17)21(29)18-6-4-12-32-18/h2,4,6-8,12,14,17H,1,3,5,9-11,13H2,(H,24,30)(H,25,28)/t17-/m1/s1. The van der Waals surface area contributed by atoms with Crippen molar-refractivity contribution in [3.05, 3.63) is 53.2 Å². The normalized spacial score (nSPS) is 15.3. The number of anilines is 1. The van der Waals surface area contributed by atoms with Crippen LogP contribution in [0.1, 0.15) is 22.5 Å². The monoisotopic (exact) mass is 516 g/mol. The molecule has 1 atom stereocenters. The molecule has 1 aliphatic rings. The van der Waals surface area contributed by atoms with Crippen molar-refractivity contribution in [1.29, 1.82) is 0 Å². The molecule has 3 heterocycles. The maximum Gasteiger partial charge on any atom is 0.407 e. The number of thiazole rings is 1. The van der Waals surface area contributed by atoms with E-state index in [0.717, 1.165) is 21.0 Å². The number of likely N-dealkylation sites (tertiary alicyclic amines) is 1. The van der Waals surface area contributed by atoms with E-state index in [-0.39, 0.29) is 18.4 Å². The second-order valence-electron chi connectivity index (χ2n) is 7.45. The van der Waals surface area contributed by atoms with Crippen molar-refractivity contribution in [3.63, 3.8) is 0 Å². The van der Waals surface area contributed by atoms with Gasteiger partial charge in [-0.2, -0.15) is 0 Å². The van der Waals surface area contributed by atoms with Gasteiger partial charge in [0, 0.05) is 24.5 Å². The van der Waals surface area contributed by atoms with Gasteiger partial charge in [-0.1, -0.05) is 30.5 Å². The summed E-state index contributed by atoms with van der Waals surface area (Å²) in [6.45, 7) is 4.72. The minimum absolute atomic E-state index is 0.0873. The zero-order valence-electron chi connectivity index (χ0n) is 18.3. The number of alkyl carbamates (subject to hydrolysis) is 1. The molecule has 1 aromatic carbocycles. The lowest BCUT2D eigenvalue weighted by atomic mass is 10.2. The van der Waals surface area contributed by atoms with E-state index < -0.39 is 12.1 Å². The van der Waals surface area contributed by atoms with Crippen LogP contribution < -0.4 is 10.6 Å². The largest absolute Gasteiger partial charge is 0.445 e. The van der Waals surface area contributed by atoms with Crippen LogP contribution in [0.3, 0.4) is 0 Å². The Morgan fingerprint density at radius 3 is 3.00 bits per heavy atom. The van der Waals surface area contributed by atoms with Gasteiger partial charge in [0.05, 0.1) is 15.1 Å². The molecule has 8 nitrogen and oxygen atoms in total. The molecule has 0 bridgehead atoms. The highest BCUT2D eigenvalue weighted by Crippen LogP contribution is 2.31. The number of hydrogen-bond donors (Lipinski definition) is 2. The molecular weight excluding hydrogens is 492 g/mol. The van der Waals surface area contributed by atoms with Crippen molar-refractivity contribution in [3.8, 4) is 0 Å². The van der Waals surface area contributed by atoms with Gasteiger partial charge in [-0.15, -0.1) is 22.7 Å². The van der Waals surface area contributed by atoms with Gasteiger partial charge in [0.15, 0.2) is 4.34 Å². The molecule has 0 radical (unpaired) electrons. The van der Waals surface area contributed by atoms with Gasteiger partial charge in [-0.05, 0) is 42.5 Å². The average Bonchev–Trinajstić information content (AvgIpc) is 3.60. The first-order chi connectivity index (χ1) is 16.5. The predicted molar refractivity (Wildman–Crippen MR) is 137 cm³/mol. The molecule has 4 rings (SSSR count). The zero-order chi connectivity index (χ0) is 23.9. The van der Waals surface area contributed by atoms with E-state index in [4.69, 9.17) is 4.74 Å². The lowest BCUT2D eigenvalue weighted by Crippen LogP contribution is -2.42. The molecule has 3 aromatic rings. The summed E-state index contributed by atoms with van der Waals surface area (Å²) in [5.74, 6) is 0.397. The van der Waals surface area contributed by atoms with E-state index >= 15 is 0 Å². The molecule has 0 aliphatic carbocycles. The van der Waals surface area contributed by atoms with Crippen LogP contribution in [0.2, 0.25) is 0 Å². The van der Waals surface area contributed by atoms with Gasteiger partial charge in [-0.25, -0.2) is 9.78 Å². The SMILES string of the molecule is C=CCOC(=O)NCCSc1nc2ccc(NC(=O)[C@H]3CCCN3C(=O)c3cccs3)cc2s1. The van der Waals surface area contributed by atoms with E-state index in [0.29, 0.717) is 35.8 Å². The van der Waals surface area contributed by atoms with E-state index in [2.05, 4.69) is 22.2 Å². The number of benzene rings is 1. The average molecular weight is 517 g/mol. The number of thioether (sulfide) groups is 1. The molecule has 0 saturated carbocycles. The van der Waals surface area contributed by atoms with Gasteiger partial charge in [0.25, 0.3) is 5.91 Å². The minimum atomic E-state index is -0.469. The summed E-state index contributed by atoms with van der Waals surface area (Å²) in [4.78, 5) is 44.1. The van der Waals surface area contributed by atoms with Crippen LogP contribution in [-0.4, -0.2) is 59.3 Å². The lowest BCUT2D eigenvalue weighted by molar-refractivity contribution is -0.119. The van der Waals surface area contributed by atoms with Crippen LogP contribution in [-0.2, 0) is 9.53 Å². The van der Waals surface area contributed by atoms with Crippen molar-refractivity contribution in [2.45, 2.75) is 23.2 Å². The van der Waals surface area contributed by atoms with Crippen molar-refractivity contribution in [2.75, 3.05) is 30.8 Å². The number of fused-ring (bicyclic) bond motifs is 1. The van der Waals surface area contributed by atoms with E-state index in [1.165, 1.54) is 28.7 Å². The number of carbonyl (C=O) groups excluding carboxylic acids is 3. The molecule has 0 unspecified atom stereocenters. The zero-order valence-corrected chi connectivity index (χ0v) is 20.8. The molecule has 11 heteroatoms. The second kappa shape index (κ2) is 11.5. The molecule has 1 fully saturated rings. The fraction of sp³-hybridized carbons (Fsp3) is 0.304. The quantitative estimate of drug-likeness (QED) is 0.245. The van der Waals surface area contributed by atoms with Crippen molar-refractivity contribution in [1.82, 2.24) is 15.2 Å². The first-order valence-corrected chi connectivity index (χ1v) is 13.4. The molecule has 178 valence electrons. The Balaban J connectivity index is 1.33. The molecule has 34 heavy (non-hydrogen) atoms. The summed E-state index contributed by atoms with van der Waals surface area (Å²) in [7, 11) is 0. The van der Waals surface area contributed by atoms with Gasteiger partial charge in [0.2, 0.25) is 5.91 Å². The third-order valence-corrected chi connectivity index (χ3v) is 8.13. The number of amides is 3. The Morgan fingerprint density at radius 1 is 1.32 bits per heavy atom. The highest BCUT2D eigenvalue weighted by molar-refractivity contribution is 8.01. The van der Waals surface area contributed by atoms with Gasteiger partial charge in [0.1, 0.15) is 12.6 Å². The Labute approximate surface area is 209 Å². The van der Waals surface area contributed by atoms with Crippen LogP contribution >= 0.6 is 34.4 Å². The van der Waals surface area contributed by atoms with Crippen molar-refractivity contribution < 1.29 is 19.1 Å². The highest BCUT2D eigenvalue weighted by Gasteiger charge is 2.34. The predicted octanol–water partition coefficient (Wildman–Crippen LogP) is 4.61. The number of hydrogen-bond acceptors (Lipinski definition) is 8. The number of aromatic nitrogens is 1. The smallest absolute Gasteiger partial charge is 0.407 e. The fourth-order valence-corrected chi connectivity index (χ4v) is 6.28. The first-order valence-electron chi connectivity index (χ1n) is 10.8. The first kappa shape index (κ1) is 24.2. The van der Waals surface area contributed by atoms with E-state index in [9.17, 15) is 14.4 Å². The molecule has 2 aromatic heterocycles. The summed E-state index contributed by atoms with van der Waals surface area (Å²) in [6, 6.07) is 8.77. The summed E-state index contributed by atoms with van der Waals surface area (Å²) >= 11 is 4.46. The number of rotatable bonds is 9. The Bertz CT molecular complexity index is 1180. The molecule has 3 amide bonds. The molecule has 0 spiro atoms. The van der Waals surface area contributed by atoms with Crippen LogP contribution in [0.5, 0.6) is 0 Å². The van der Waals surface area contributed by atoms with Crippen LogP contribution in [0.15, 0.2) is 52.7 Å². The summed E-state index contributed by atoms with van der Waals surface area (Å²) < 4.78 is 6.70. The summed E-state index contributed by atoms with van der Waals surface area (Å²) in [5.41, 5.74) is 1.53. The van der Waals surface area contributed by atoms with Gasteiger partial charge >= 0.3 is 6.09 Å². The molecule has 1 aliphatic heterocycles. The minimum Gasteiger partial charge on any atom is -0.445 e. The fourth-order valence-electron chi connectivity index (χ4n) is 3.57. The van der Waals surface area contributed by atoms with Gasteiger partial charge < -0.3 is 20.3 Å². The summed E-state index contributed by atoms with van der Waals surface area (Å²) in [6.07, 6.45) is 2.51. The Hall–Kier alpha value is -2.89. The molecule has 1 saturated heterocycles.